The van der Waals surface area contributed by atoms with Crippen LogP contribution in [0.1, 0.15) is 28.3 Å². The molecule has 0 saturated heterocycles. The first-order chi connectivity index (χ1) is 14.6. The summed E-state index contributed by atoms with van der Waals surface area (Å²) in [6.07, 6.45) is 8.01. The van der Waals surface area contributed by atoms with Crippen LogP contribution in [-0.2, 0) is 5.60 Å². The topological polar surface area (TPSA) is 91.8 Å². The van der Waals surface area contributed by atoms with E-state index in [1.165, 1.54) is 10.6 Å². The molecule has 4 aromatic rings. The van der Waals surface area contributed by atoms with Gasteiger partial charge in [0.2, 0.25) is 0 Å². The predicted octanol–water partition coefficient (Wildman–Crippen LogP) is 3.04. The lowest BCUT2D eigenvalue weighted by molar-refractivity contribution is 0.0363. The van der Waals surface area contributed by atoms with Crippen LogP contribution in [0, 0.1) is 11.3 Å². The molecule has 0 amide bonds. The first-order valence-electron chi connectivity index (χ1n) is 9.35. The van der Waals surface area contributed by atoms with E-state index < -0.39 is 11.6 Å². The van der Waals surface area contributed by atoms with E-state index in [4.69, 9.17) is 0 Å². The largest absolute Gasteiger partial charge is 0.378 e. The van der Waals surface area contributed by atoms with E-state index in [1.807, 2.05) is 0 Å². The summed E-state index contributed by atoms with van der Waals surface area (Å²) in [5.41, 5.74) is 0.0824. The SMILES string of the molecule is N#Cc1cccc(C(n2ccccc2=O)C(O)(c2cccnc2)c2cccnc2)c1. The first kappa shape index (κ1) is 19.2. The van der Waals surface area contributed by atoms with Crippen molar-refractivity contribution in [2.24, 2.45) is 0 Å². The molecule has 146 valence electrons. The van der Waals surface area contributed by atoms with E-state index in [2.05, 4.69) is 16.0 Å². The van der Waals surface area contributed by atoms with Crippen LogP contribution >= 0.6 is 0 Å². The number of aromatic nitrogens is 3. The monoisotopic (exact) mass is 394 g/mol. The molecule has 3 aromatic heterocycles. The van der Waals surface area contributed by atoms with Crippen LogP contribution in [0.15, 0.2) is 103 Å². The maximum absolute atomic E-state index is 12.9. The van der Waals surface area contributed by atoms with Gasteiger partial charge in [-0.3, -0.25) is 14.8 Å². The number of hydrogen-bond donors (Lipinski definition) is 1. The fourth-order valence-electron chi connectivity index (χ4n) is 3.69. The molecule has 1 unspecified atom stereocenters. The van der Waals surface area contributed by atoms with Crippen LogP contribution in [0.3, 0.4) is 0 Å². The summed E-state index contributed by atoms with van der Waals surface area (Å²) >= 11 is 0. The molecule has 1 atom stereocenters. The second kappa shape index (κ2) is 8.11. The van der Waals surface area contributed by atoms with Crippen molar-refractivity contribution in [3.05, 3.63) is 130 Å². The Bertz CT molecular complexity index is 1210. The van der Waals surface area contributed by atoms with Gasteiger partial charge in [0.15, 0.2) is 0 Å². The summed E-state index contributed by atoms with van der Waals surface area (Å²) in [5, 5.41) is 21.7. The quantitative estimate of drug-likeness (QED) is 0.562. The summed E-state index contributed by atoms with van der Waals surface area (Å²) < 4.78 is 1.47. The standard InChI is InChI=1S/C24H18N4O2/c25-15-18-6-3-7-19(14-18)23(28-13-2-1-10-22(28)29)24(30,20-8-4-11-26-16-20)21-9-5-12-27-17-21/h1-14,16-17,23,30H. The van der Waals surface area contributed by atoms with Gasteiger partial charge >= 0.3 is 0 Å². The third-order valence-corrected chi connectivity index (χ3v) is 5.06. The summed E-state index contributed by atoms with van der Waals surface area (Å²) in [4.78, 5) is 21.2. The van der Waals surface area contributed by atoms with Gasteiger partial charge in [-0.15, -0.1) is 0 Å². The Labute approximate surface area is 173 Å². The van der Waals surface area contributed by atoms with Crippen LogP contribution in [-0.4, -0.2) is 19.6 Å². The number of rotatable bonds is 5. The molecule has 0 saturated carbocycles. The number of aliphatic hydroxyl groups is 1. The molecular formula is C24H18N4O2. The van der Waals surface area contributed by atoms with E-state index in [9.17, 15) is 15.2 Å². The molecule has 0 aliphatic heterocycles. The average Bonchev–Trinajstić information content (AvgIpc) is 2.81. The maximum atomic E-state index is 12.9. The van der Waals surface area contributed by atoms with Gasteiger partial charge < -0.3 is 9.67 Å². The molecule has 1 aromatic carbocycles. The van der Waals surface area contributed by atoms with Crippen molar-refractivity contribution < 1.29 is 5.11 Å². The Balaban J connectivity index is 2.08. The van der Waals surface area contributed by atoms with Crippen LogP contribution in [0.5, 0.6) is 0 Å². The van der Waals surface area contributed by atoms with Gasteiger partial charge in [0.1, 0.15) is 5.60 Å². The van der Waals surface area contributed by atoms with Gasteiger partial charge in [-0.1, -0.05) is 30.3 Å². The number of nitriles is 1. The van der Waals surface area contributed by atoms with E-state index in [0.717, 1.165) is 0 Å². The van der Waals surface area contributed by atoms with Crippen molar-refractivity contribution >= 4 is 0 Å². The number of hydrogen-bond acceptors (Lipinski definition) is 5. The van der Waals surface area contributed by atoms with E-state index in [-0.39, 0.29) is 5.56 Å². The van der Waals surface area contributed by atoms with Crippen molar-refractivity contribution in [2.75, 3.05) is 0 Å². The average molecular weight is 394 g/mol. The minimum Gasteiger partial charge on any atom is -0.378 e. The van der Waals surface area contributed by atoms with Gasteiger partial charge in [0.25, 0.3) is 5.56 Å². The molecule has 0 aliphatic carbocycles. The van der Waals surface area contributed by atoms with Gasteiger partial charge in [-0.25, -0.2) is 0 Å². The highest BCUT2D eigenvalue weighted by molar-refractivity contribution is 5.43. The minimum atomic E-state index is -1.68. The normalized spacial score (nSPS) is 12.1. The molecule has 1 N–H and O–H groups in total. The Hall–Kier alpha value is -4.08. The van der Waals surface area contributed by atoms with E-state index in [1.54, 1.807) is 91.6 Å². The Morgan fingerprint density at radius 3 is 2.20 bits per heavy atom. The summed E-state index contributed by atoms with van der Waals surface area (Å²) in [6.45, 7) is 0. The summed E-state index contributed by atoms with van der Waals surface area (Å²) in [7, 11) is 0. The lowest BCUT2D eigenvalue weighted by Crippen LogP contribution is -2.42. The second-order valence-electron chi connectivity index (χ2n) is 6.84. The Morgan fingerprint density at radius 2 is 1.63 bits per heavy atom. The summed E-state index contributed by atoms with van der Waals surface area (Å²) in [5.74, 6) is 0. The van der Waals surface area contributed by atoms with Crippen LogP contribution in [0.2, 0.25) is 0 Å². The predicted molar refractivity (Wildman–Crippen MR) is 111 cm³/mol. The van der Waals surface area contributed by atoms with Crippen molar-refractivity contribution in [1.82, 2.24) is 14.5 Å². The van der Waals surface area contributed by atoms with Crippen LogP contribution < -0.4 is 5.56 Å². The van der Waals surface area contributed by atoms with Crippen LogP contribution in [0.4, 0.5) is 0 Å². The molecule has 0 bridgehead atoms. The molecule has 4 rings (SSSR count). The van der Waals surface area contributed by atoms with Gasteiger partial charge in [0, 0.05) is 48.2 Å². The Morgan fingerprint density at radius 1 is 0.933 bits per heavy atom. The lowest BCUT2D eigenvalue weighted by Gasteiger charge is -2.38. The maximum Gasteiger partial charge on any atom is 0.251 e. The van der Waals surface area contributed by atoms with E-state index >= 15 is 0 Å². The fraction of sp³-hybridized carbons (Fsp3) is 0.0833. The van der Waals surface area contributed by atoms with Crippen molar-refractivity contribution in [3.8, 4) is 6.07 Å². The molecule has 3 heterocycles. The molecule has 0 radical (unpaired) electrons. The zero-order valence-corrected chi connectivity index (χ0v) is 16.0. The highest BCUT2D eigenvalue weighted by Crippen LogP contribution is 2.42. The zero-order valence-electron chi connectivity index (χ0n) is 16.0. The van der Waals surface area contributed by atoms with E-state index in [0.29, 0.717) is 22.3 Å². The smallest absolute Gasteiger partial charge is 0.251 e. The van der Waals surface area contributed by atoms with Crippen molar-refractivity contribution in [3.63, 3.8) is 0 Å². The molecule has 0 spiro atoms. The highest BCUT2D eigenvalue weighted by atomic mass is 16.3. The number of pyridine rings is 3. The lowest BCUT2D eigenvalue weighted by atomic mass is 9.78. The molecule has 30 heavy (non-hydrogen) atoms. The molecule has 0 aliphatic rings. The minimum absolute atomic E-state index is 0.281. The number of nitrogens with zero attached hydrogens (tertiary/aromatic N) is 4. The molecule has 0 fully saturated rings. The van der Waals surface area contributed by atoms with Gasteiger partial charge in [-0.2, -0.15) is 5.26 Å². The molecule has 6 heteroatoms. The first-order valence-corrected chi connectivity index (χ1v) is 9.35. The second-order valence-corrected chi connectivity index (χ2v) is 6.84. The van der Waals surface area contributed by atoms with Gasteiger partial charge in [-0.05, 0) is 35.9 Å². The van der Waals surface area contributed by atoms with Gasteiger partial charge in [0.05, 0.1) is 17.7 Å². The van der Waals surface area contributed by atoms with Crippen molar-refractivity contribution in [2.45, 2.75) is 11.6 Å². The third kappa shape index (κ3) is 3.39. The third-order valence-electron chi connectivity index (χ3n) is 5.06. The van der Waals surface area contributed by atoms with Crippen molar-refractivity contribution in [1.29, 1.82) is 5.26 Å². The summed E-state index contributed by atoms with van der Waals surface area (Å²) in [6, 6.07) is 19.9. The Kier molecular flexibility index (Phi) is 5.21. The zero-order chi connectivity index (χ0) is 21.0. The fourth-order valence-corrected chi connectivity index (χ4v) is 3.69. The van der Waals surface area contributed by atoms with Crippen LogP contribution in [0.25, 0.3) is 0 Å². The number of benzene rings is 1. The molecular weight excluding hydrogens is 376 g/mol. The highest BCUT2D eigenvalue weighted by Gasteiger charge is 2.43. The molecule has 6 nitrogen and oxygen atoms in total.